The lowest BCUT2D eigenvalue weighted by Gasteiger charge is -2.15. The molecule has 104 valence electrons. The minimum Gasteiger partial charge on any atom is -0.490 e. The normalized spacial score (nSPS) is 18.5. The molecule has 1 heterocycles. The fourth-order valence-corrected chi connectivity index (χ4v) is 3.98. The molecule has 1 aliphatic rings. The number of aryl methyl sites for hydroxylation is 1. The molecule has 0 spiro atoms. The Morgan fingerprint density at radius 1 is 1.20 bits per heavy atom. The lowest BCUT2D eigenvalue weighted by molar-refractivity contribution is 0.254. The van der Waals surface area contributed by atoms with Gasteiger partial charge >= 0.3 is 0 Å². The van der Waals surface area contributed by atoms with Gasteiger partial charge in [0.25, 0.3) is 0 Å². The standard InChI is InChI=1S/C17H16Br2O/c1-10-7-14(18)4-5-15(10)17(19)12-3-6-16-13(9-12)8-11(2)20-16/h3-7,9,11,17H,8H2,1-2H3. The maximum Gasteiger partial charge on any atom is 0.123 e. The van der Waals surface area contributed by atoms with Gasteiger partial charge < -0.3 is 4.74 Å². The van der Waals surface area contributed by atoms with Gasteiger partial charge in [0.2, 0.25) is 0 Å². The molecule has 3 heteroatoms. The number of hydrogen-bond acceptors (Lipinski definition) is 1. The van der Waals surface area contributed by atoms with Crippen LogP contribution in [0.15, 0.2) is 40.9 Å². The van der Waals surface area contributed by atoms with Crippen molar-refractivity contribution in [3.63, 3.8) is 0 Å². The van der Waals surface area contributed by atoms with Crippen LogP contribution in [0.2, 0.25) is 0 Å². The van der Waals surface area contributed by atoms with E-state index in [9.17, 15) is 0 Å². The fraction of sp³-hybridized carbons (Fsp3) is 0.294. The van der Waals surface area contributed by atoms with Crippen LogP contribution in [0.3, 0.4) is 0 Å². The Hall–Kier alpha value is -0.800. The van der Waals surface area contributed by atoms with Crippen molar-refractivity contribution in [2.75, 3.05) is 0 Å². The summed E-state index contributed by atoms with van der Waals surface area (Å²) in [6.45, 7) is 4.26. The summed E-state index contributed by atoms with van der Waals surface area (Å²) in [4.78, 5) is 0.219. The molecular formula is C17H16Br2O. The van der Waals surface area contributed by atoms with Gasteiger partial charge in [-0.25, -0.2) is 0 Å². The van der Waals surface area contributed by atoms with Gasteiger partial charge in [0.15, 0.2) is 0 Å². The third-order valence-corrected chi connectivity index (χ3v) is 5.23. The number of benzene rings is 2. The summed E-state index contributed by atoms with van der Waals surface area (Å²) in [6.07, 6.45) is 1.30. The third-order valence-electron chi connectivity index (χ3n) is 3.72. The van der Waals surface area contributed by atoms with Gasteiger partial charge in [-0.2, -0.15) is 0 Å². The summed E-state index contributed by atoms with van der Waals surface area (Å²) in [7, 11) is 0. The monoisotopic (exact) mass is 394 g/mol. The molecule has 2 aromatic carbocycles. The highest BCUT2D eigenvalue weighted by Gasteiger charge is 2.21. The third kappa shape index (κ3) is 2.66. The Kier molecular flexibility index (Phi) is 3.91. The first-order valence-electron chi connectivity index (χ1n) is 6.74. The molecule has 1 aliphatic heterocycles. The Labute approximate surface area is 136 Å². The second kappa shape index (κ2) is 5.53. The Morgan fingerprint density at radius 3 is 2.75 bits per heavy atom. The molecule has 20 heavy (non-hydrogen) atoms. The van der Waals surface area contributed by atoms with E-state index in [2.05, 4.69) is 82.1 Å². The topological polar surface area (TPSA) is 9.23 Å². The molecule has 0 saturated carbocycles. The van der Waals surface area contributed by atoms with E-state index in [1.807, 2.05) is 0 Å². The van der Waals surface area contributed by atoms with E-state index in [-0.39, 0.29) is 4.83 Å². The Morgan fingerprint density at radius 2 is 2.00 bits per heavy atom. The number of halogens is 2. The van der Waals surface area contributed by atoms with E-state index in [0.29, 0.717) is 6.10 Å². The zero-order chi connectivity index (χ0) is 14.3. The summed E-state index contributed by atoms with van der Waals surface area (Å²) in [5.74, 6) is 1.04. The van der Waals surface area contributed by atoms with Crippen molar-refractivity contribution in [3.05, 3.63) is 63.1 Å². The molecule has 0 fully saturated rings. The molecule has 0 aliphatic carbocycles. The SMILES string of the molecule is Cc1cc(Br)ccc1C(Br)c1ccc2c(c1)CC(C)O2. The van der Waals surface area contributed by atoms with Crippen molar-refractivity contribution in [3.8, 4) is 5.75 Å². The lowest BCUT2D eigenvalue weighted by atomic mass is 9.98. The molecule has 3 rings (SSSR count). The van der Waals surface area contributed by atoms with Gasteiger partial charge in [-0.05, 0) is 54.3 Å². The van der Waals surface area contributed by atoms with Crippen molar-refractivity contribution < 1.29 is 4.74 Å². The number of rotatable bonds is 2. The smallest absolute Gasteiger partial charge is 0.123 e. The zero-order valence-electron chi connectivity index (χ0n) is 11.5. The van der Waals surface area contributed by atoms with E-state index < -0.39 is 0 Å². The number of hydrogen-bond donors (Lipinski definition) is 0. The van der Waals surface area contributed by atoms with Crippen LogP contribution in [0.25, 0.3) is 0 Å². The van der Waals surface area contributed by atoms with Crippen molar-refractivity contribution in [2.24, 2.45) is 0 Å². The highest BCUT2D eigenvalue weighted by Crippen LogP contribution is 2.37. The van der Waals surface area contributed by atoms with Crippen LogP contribution >= 0.6 is 31.9 Å². The summed E-state index contributed by atoms with van der Waals surface area (Å²) in [6, 6.07) is 12.9. The van der Waals surface area contributed by atoms with Crippen LogP contribution in [-0.4, -0.2) is 6.10 Å². The van der Waals surface area contributed by atoms with Crippen LogP contribution in [0, 0.1) is 6.92 Å². The van der Waals surface area contributed by atoms with Gasteiger partial charge in [-0.3, -0.25) is 0 Å². The van der Waals surface area contributed by atoms with Crippen molar-refractivity contribution in [1.29, 1.82) is 0 Å². The molecule has 1 nitrogen and oxygen atoms in total. The number of fused-ring (bicyclic) bond motifs is 1. The zero-order valence-corrected chi connectivity index (χ0v) is 14.7. The average molecular weight is 396 g/mol. The van der Waals surface area contributed by atoms with Crippen LogP contribution in [0.4, 0.5) is 0 Å². The largest absolute Gasteiger partial charge is 0.490 e. The second-order valence-corrected chi connectivity index (χ2v) is 7.19. The molecule has 0 bridgehead atoms. The van der Waals surface area contributed by atoms with Gasteiger partial charge in [-0.15, -0.1) is 0 Å². The predicted molar refractivity (Wildman–Crippen MR) is 89.9 cm³/mol. The Balaban J connectivity index is 1.95. The summed E-state index contributed by atoms with van der Waals surface area (Å²) in [5, 5.41) is 0. The molecule has 2 unspecified atom stereocenters. The Bertz CT molecular complexity index is 651. The van der Waals surface area contributed by atoms with E-state index in [1.165, 1.54) is 22.3 Å². The van der Waals surface area contributed by atoms with E-state index >= 15 is 0 Å². The van der Waals surface area contributed by atoms with Gasteiger partial charge in [-0.1, -0.05) is 50.1 Å². The van der Waals surface area contributed by atoms with Crippen molar-refractivity contribution >= 4 is 31.9 Å². The summed E-state index contributed by atoms with van der Waals surface area (Å²) < 4.78 is 6.89. The summed E-state index contributed by atoms with van der Waals surface area (Å²) >= 11 is 7.35. The quantitative estimate of drug-likeness (QED) is 0.604. The molecule has 0 radical (unpaired) electrons. The molecular weight excluding hydrogens is 380 g/mol. The highest BCUT2D eigenvalue weighted by atomic mass is 79.9. The van der Waals surface area contributed by atoms with Gasteiger partial charge in [0, 0.05) is 10.9 Å². The number of alkyl halides is 1. The van der Waals surface area contributed by atoms with Crippen LogP contribution in [0.1, 0.15) is 34.0 Å². The predicted octanol–water partition coefficient (Wildman–Crippen LogP) is 5.57. The summed E-state index contributed by atoms with van der Waals surface area (Å²) in [5.41, 5.74) is 5.19. The van der Waals surface area contributed by atoms with Crippen molar-refractivity contribution in [1.82, 2.24) is 0 Å². The molecule has 0 saturated heterocycles. The second-order valence-electron chi connectivity index (χ2n) is 5.36. The maximum absolute atomic E-state index is 5.77. The van der Waals surface area contributed by atoms with Crippen molar-refractivity contribution in [2.45, 2.75) is 31.2 Å². The molecule has 2 atom stereocenters. The van der Waals surface area contributed by atoms with Gasteiger partial charge in [0.1, 0.15) is 11.9 Å². The maximum atomic E-state index is 5.77. The highest BCUT2D eigenvalue weighted by molar-refractivity contribution is 9.10. The molecule has 2 aromatic rings. The van der Waals surface area contributed by atoms with E-state index in [4.69, 9.17) is 4.74 Å². The van der Waals surface area contributed by atoms with Crippen LogP contribution in [-0.2, 0) is 6.42 Å². The molecule has 0 amide bonds. The fourth-order valence-electron chi connectivity index (χ4n) is 2.70. The van der Waals surface area contributed by atoms with E-state index in [1.54, 1.807) is 0 Å². The molecule has 0 N–H and O–H groups in total. The van der Waals surface area contributed by atoms with E-state index in [0.717, 1.165) is 16.6 Å². The first-order chi connectivity index (χ1) is 9.54. The average Bonchev–Trinajstić information content (AvgIpc) is 2.77. The van der Waals surface area contributed by atoms with Gasteiger partial charge in [0.05, 0.1) is 4.83 Å². The lowest BCUT2D eigenvalue weighted by Crippen LogP contribution is -2.05. The first-order valence-corrected chi connectivity index (χ1v) is 8.45. The molecule has 0 aromatic heterocycles. The minimum atomic E-state index is 0.219. The van der Waals surface area contributed by atoms with Crippen LogP contribution in [0.5, 0.6) is 5.75 Å². The first kappa shape index (κ1) is 14.2. The minimum absolute atomic E-state index is 0.219. The van der Waals surface area contributed by atoms with Crippen LogP contribution < -0.4 is 4.74 Å². The number of ether oxygens (including phenoxy) is 1.